The third-order valence-electron chi connectivity index (χ3n) is 3.48. The van der Waals surface area contributed by atoms with Crippen LogP contribution in [0.15, 0.2) is 42.5 Å². The number of hydrogen-bond acceptors (Lipinski definition) is 3. The molecule has 1 amide bonds. The number of nitrogens with one attached hydrogen (secondary N) is 2. The van der Waals surface area contributed by atoms with Crippen molar-refractivity contribution in [3.63, 3.8) is 0 Å². The van der Waals surface area contributed by atoms with Crippen LogP contribution in [0.1, 0.15) is 22.3 Å². The smallest absolute Gasteiger partial charge is 0.337 e. The Bertz CT molecular complexity index is 725. The monoisotopic (exact) mass is 282 g/mol. The molecule has 5 nitrogen and oxygen atoms in total. The van der Waals surface area contributed by atoms with Crippen molar-refractivity contribution in [1.29, 1.82) is 0 Å². The molecule has 0 bridgehead atoms. The molecule has 3 rings (SSSR count). The van der Waals surface area contributed by atoms with E-state index in [4.69, 9.17) is 0 Å². The Morgan fingerprint density at radius 1 is 1.05 bits per heavy atom. The zero-order valence-electron chi connectivity index (χ0n) is 11.2. The van der Waals surface area contributed by atoms with Gasteiger partial charge in [0.2, 0.25) is 5.91 Å². The standard InChI is InChI=1S/C16H14N2O3/c19-15-9-8-10-12(6-3-7-13(10)18-15)17-14-5-2-1-4-11(14)16(20)21/h1-7,17H,8-9H2,(H,18,19)(H,20,21). The van der Waals surface area contributed by atoms with E-state index in [0.717, 1.165) is 16.9 Å². The van der Waals surface area contributed by atoms with Crippen LogP contribution in [0.2, 0.25) is 0 Å². The second kappa shape index (κ2) is 5.28. The van der Waals surface area contributed by atoms with Gasteiger partial charge in [-0.1, -0.05) is 18.2 Å². The number of carbonyl (C=O) groups excluding carboxylic acids is 1. The molecule has 106 valence electrons. The van der Waals surface area contributed by atoms with Gasteiger partial charge in [0.15, 0.2) is 0 Å². The van der Waals surface area contributed by atoms with Crippen LogP contribution in [0.25, 0.3) is 0 Å². The number of aromatic carboxylic acids is 1. The average Bonchev–Trinajstić information content (AvgIpc) is 2.47. The Morgan fingerprint density at radius 2 is 1.81 bits per heavy atom. The highest BCUT2D eigenvalue weighted by atomic mass is 16.4. The topological polar surface area (TPSA) is 78.4 Å². The predicted molar refractivity (Wildman–Crippen MR) is 80.1 cm³/mol. The number of fused-ring (bicyclic) bond motifs is 1. The normalized spacial score (nSPS) is 13.2. The fraction of sp³-hybridized carbons (Fsp3) is 0.125. The van der Waals surface area contributed by atoms with Crippen LogP contribution < -0.4 is 10.6 Å². The van der Waals surface area contributed by atoms with Crippen LogP contribution in [0.4, 0.5) is 17.1 Å². The molecule has 0 radical (unpaired) electrons. The molecule has 0 saturated heterocycles. The number of carbonyl (C=O) groups is 2. The first kappa shape index (κ1) is 13.2. The van der Waals surface area contributed by atoms with Gasteiger partial charge in [0, 0.05) is 17.8 Å². The minimum absolute atomic E-state index is 0.00517. The molecule has 2 aromatic rings. The highest BCUT2D eigenvalue weighted by Crippen LogP contribution is 2.32. The maximum absolute atomic E-state index is 11.4. The Kier molecular flexibility index (Phi) is 3.31. The quantitative estimate of drug-likeness (QED) is 0.808. The molecular formula is C16H14N2O3. The van der Waals surface area contributed by atoms with E-state index < -0.39 is 5.97 Å². The molecule has 1 aliphatic heterocycles. The molecule has 5 heteroatoms. The molecule has 1 aliphatic rings. The molecule has 0 saturated carbocycles. The fourth-order valence-electron chi connectivity index (χ4n) is 2.47. The molecule has 0 aromatic heterocycles. The van der Waals surface area contributed by atoms with Gasteiger partial charge >= 0.3 is 5.97 Å². The van der Waals surface area contributed by atoms with Gasteiger partial charge in [-0.05, 0) is 36.2 Å². The zero-order chi connectivity index (χ0) is 14.8. The average molecular weight is 282 g/mol. The van der Waals surface area contributed by atoms with Crippen molar-refractivity contribution in [2.45, 2.75) is 12.8 Å². The summed E-state index contributed by atoms with van der Waals surface area (Å²) in [6.45, 7) is 0. The summed E-state index contributed by atoms with van der Waals surface area (Å²) in [6, 6.07) is 12.3. The van der Waals surface area contributed by atoms with Crippen molar-refractivity contribution in [2.75, 3.05) is 10.6 Å². The van der Waals surface area contributed by atoms with Crippen molar-refractivity contribution < 1.29 is 14.7 Å². The highest BCUT2D eigenvalue weighted by Gasteiger charge is 2.18. The number of para-hydroxylation sites is 1. The van der Waals surface area contributed by atoms with E-state index in [1.165, 1.54) is 0 Å². The first-order valence-corrected chi connectivity index (χ1v) is 6.66. The molecule has 0 unspecified atom stereocenters. The van der Waals surface area contributed by atoms with Crippen LogP contribution in [0, 0.1) is 0 Å². The van der Waals surface area contributed by atoms with Crippen molar-refractivity contribution in [1.82, 2.24) is 0 Å². The van der Waals surface area contributed by atoms with E-state index in [1.54, 1.807) is 24.3 Å². The maximum atomic E-state index is 11.4. The first-order valence-electron chi connectivity index (χ1n) is 6.66. The lowest BCUT2D eigenvalue weighted by Gasteiger charge is -2.21. The molecule has 3 N–H and O–H groups in total. The Hall–Kier alpha value is -2.82. The predicted octanol–water partition coefficient (Wildman–Crippen LogP) is 3.01. The van der Waals surface area contributed by atoms with Crippen molar-refractivity contribution in [3.8, 4) is 0 Å². The van der Waals surface area contributed by atoms with Crippen molar-refractivity contribution in [3.05, 3.63) is 53.6 Å². The minimum Gasteiger partial charge on any atom is -0.478 e. The summed E-state index contributed by atoms with van der Waals surface area (Å²) in [6.07, 6.45) is 1.08. The van der Waals surface area contributed by atoms with Gasteiger partial charge in [-0.2, -0.15) is 0 Å². The Balaban J connectivity index is 1.98. The van der Waals surface area contributed by atoms with E-state index in [1.807, 2.05) is 18.2 Å². The van der Waals surface area contributed by atoms with Gasteiger partial charge in [0.25, 0.3) is 0 Å². The van der Waals surface area contributed by atoms with E-state index in [9.17, 15) is 14.7 Å². The number of benzene rings is 2. The molecule has 0 spiro atoms. The van der Waals surface area contributed by atoms with Crippen LogP contribution in [-0.4, -0.2) is 17.0 Å². The summed E-state index contributed by atoms with van der Waals surface area (Å²) in [5, 5.41) is 15.2. The summed E-state index contributed by atoms with van der Waals surface area (Å²) in [5.74, 6) is -0.971. The lowest BCUT2D eigenvalue weighted by atomic mass is 10.0. The number of carboxylic acids is 1. The number of rotatable bonds is 3. The molecule has 0 fully saturated rings. The molecule has 0 atom stereocenters. The fourth-order valence-corrected chi connectivity index (χ4v) is 2.47. The SMILES string of the molecule is O=C1CCc2c(cccc2Nc2ccccc2C(=O)O)N1. The van der Waals surface area contributed by atoms with Gasteiger partial charge in [-0.3, -0.25) is 4.79 Å². The summed E-state index contributed by atoms with van der Waals surface area (Å²) in [5.41, 5.74) is 3.35. The van der Waals surface area contributed by atoms with Gasteiger partial charge in [0.05, 0.1) is 11.3 Å². The van der Waals surface area contributed by atoms with E-state index in [0.29, 0.717) is 18.5 Å². The van der Waals surface area contributed by atoms with E-state index in [2.05, 4.69) is 10.6 Å². The van der Waals surface area contributed by atoms with Crippen molar-refractivity contribution in [2.24, 2.45) is 0 Å². The van der Waals surface area contributed by atoms with Crippen molar-refractivity contribution >= 4 is 28.9 Å². The molecule has 21 heavy (non-hydrogen) atoms. The number of amides is 1. The summed E-state index contributed by atoms with van der Waals surface area (Å²) in [4.78, 5) is 22.7. The van der Waals surface area contributed by atoms with Gasteiger partial charge in [0.1, 0.15) is 0 Å². The van der Waals surface area contributed by atoms with Crippen LogP contribution >= 0.6 is 0 Å². The molecular weight excluding hydrogens is 268 g/mol. The van der Waals surface area contributed by atoms with Crippen LogP contribution in [0.3, 0.4) is 0 Å². The summed E-state index contributed by atoms with van der Waals surface area (Å²) < 4.78 is 0. The second-order valence-corrected chi connectivity index (χ2v) is 4.86. The number of carboxylic acid groups (broad SMARTS) is 1. The summed E-state index contributed by atoms with van der Waals surface area (Å²) >= 11 is 0. The number of hydrogen-bond donors (Lipinski definition) is 3. The molecule has 2 aromatic carbocycles. The highest BCUT2D eigenvalue weighted by molar-refractivity contribution is 5.97. The second-order valence-electron chi connectivity index (χ2n) is 4.86. The number of anilines is 3. The Labute approximate surface area is 121 Å². The first-order chi connectivity index (χ1) is 10.1. The lowest BCUT2D eigenvalue weighted by Crippen LogP contribution is -2.19. The minimum atomic E-state index is -0.976. The van der Waals surface area contributed by atoms with E-state index >= 15 is 0 Å². The van der Waals surface area contributed by atoms with Gasteiger partial charge in [-0.15, -0.1) is 0 Å². The largest absolute Gasteiger partial charge is 0.478 e. The lowest BCUT2D eigenvalue weighted by molar-refractivity contribution is -0.116. The van der Waals surface area contributed by atoms with Crippen LogP contribution in [0.5, 0.6) is 0 Å². The Morgan fingerprint density at radius 3 is 2.62 bits per heavy atom. The zero-order valence-corrected chi connectivity index (χ0v) is 11.2. The molecule has 1 heterocycles. The van der Waals surface area contributed by atoms with E-state index in [-0.39, 0.29) is 11.5 Å². The third-order valence-corrected chi connectivity index (χ3v) is 3.48. The van der Waals surface area contributed by atoms with Gasteiger partial charge in [-0.25, -0.2) is 4.79 Å². The maximum Gasteiger partial charge on any atom is 0.337 e. The molecule has 0 aliphatic carbocycles. The third kappa shape index (κ3) is 2.58. The van der Waals surface area contributed by atoms with Crippen LogP contribution in [-0.2, 0) is 11.2 Å². The summed E-state index contributed by atoms with van der Waals surface area (Å²) in [7, 11) is 0. The van der Waals surface area contributed by atoms with Gasteiger partial charge < -0.3 is 15.7 Å².